The van der Waals surface area contributed by atoms with E-state index >= 15 is 0 Å². The van der Waals surface area contributed by atoms with Crippen molar-refractivity contribution in [2.45, 2.75) is 56.9 Å². The highest BCUT2D eigenvalue weighted by molar-refractivity contribution is 8.26. The lowest BCUT2D eigenvalue weighted by Gasteiger charge is -2.34. The van der Waals surface area contributed by atoms with Gasteiger partial charge in [-0.2, -0.15) is 9.40 Å². The lowest BCUT2D eigenvalue weighted by atomic mass is 9.94. The number of nitrogens with zero attached hydrogens (tertiary/aromatic N) is 4. The van der Waals surface area contributed by atoms with E-state index in [0.29, 0.717) is 45.4 Å². The molecule has 0 bridgehead atoms. The van der Waals surface area contributed by atoms with E-state index in [4.69, 9.17) is 17.3 Å². The van der Waals surface area contributed by atoms with Gasteiger partial charge in [-0.3, -0.25) is 9.69 Å². The average Bonchev–Trinajstić information content (AvgIpc) is 3.69. The fraction of sp³-hybridized carbons (Fsp3) is 0.387. The van der Waals surface area contributed by atoms with Crippen LogP contribution in [0.1, 0.15) is 51.5 Å². The van der Waals surface area contributed by atoms with Crippen molar-refractivity contribution >= 4 is 50.3 Å². The van der Waals surface area contributed by atoms with Crippen LogP contribution in [-0.4, -0.2) is 56.8 Å². The molecule has 2 atom stereocenters. The van der Waals surface area contributed by atoms with Gasteiger partial charge in [-0.25, -0.2) is 13.1 Å². The summed E-state index contributed by atoms with van der Waals surface area (Å²) in [4.78, 5) is 16.1. The number of thioether (sulfide) groups is 1. The fourth-order valence-electron chi connectivity index (χ4n) is 6.28. The molecule has 2 saturated heterocycles. The molecule has 0 radical (unpaired) electrons. The van der Waals surface area contributed by atoms with Crippen molar-refractivity contribution < 1.29 is 13.2 Å². The molecule has 3 aliphatic rings. The normalized spacial score (nSPS) is 23.7. The molecule has 41 heavy (non-hydrogen) atoms. The third kappa shape index (κ3) is 5.67. The van der Waals surface area contributed by atoms with Gasteiger partial charge in [0.15, 0.2) is 0 Å². The summed E-state index contributed by atoms with van der Waals surface area (Å²) in [6.45, 7) is 5.25. The Hall–Kier alpha value is -2.79. The minimum absolute atomic E-state index is 0.0602. The van der Waals surface area contributed by atoms with E-state index in [-0.39, 0.29) is 16.8 Å². The van der Waals surface area contributed by atoms with Crippen molar-refractivity contribution in [1.82, 2.24) is 19.0 Å². The number of hydrogen-bond acceptors (Lipinski definition) is 6. The first kappa shape index (κ1) is 28.3. The Balaban J connectivity index is 1.40. The first-order valence-corrected chi connectivity index (χ1v) is 16.9. The third-order valence-corrected chi connectivity index (χ3v) is 11.3. The molecular weight excluding hydrogens is 573 g/mol. The third-order valence-electron chi connectivity index (χ3n) is 8.14. The number of para-hydroxylation sites is 1. The highest BCUT2D eigenvalue weighted by atomic mass is 32.2. The van der Waals surface area contributed by atoms with Crippen LogP contribution in [0.25, 0.3) is 23.0 Å². The number of carbonyl (C=O) groups excluding carboxylic acids is 1. The van der Waals surface area contributed by atoms with Crippen LogP contribution in [0.3, 0.4) is 0 Å². The topological polar surface area (TPSA) is 75.5 Å². The van der Waals surface area contributed by atoms with Crippen LogP contribution in [0.15, 0.2) is 70.6 Å². The van der Waals surface area contributed by atoms with Crippen LogP contribution < -0.4 is 0 Å². The van der Waals surface area contributed by atoms with Crippen LogP contribution >= 0.6 is 24.0 Å². The number of thiocarbonyl (C=S) groups is 1. The quantitative estimate of drug-likeness (QED) is 0.241. The molecule has 1 saturated carbocycles. The Labute approximate surface area is 251 Å². The molecular formula is C31H34N4O3S3. The molecule has 0 spiro atoms. The van der Waals surface area contributed by atoms with Crippen molar-refractivity contribution in [2.75, 3.05) is 13.1 Å². The fourth-order valence-corrected chi connectivity index (χ4v) is 9.40. The van der Waals surface area contributed by atoms with Gasteiger partial charge < -0.3 is 0 Å². The zero-order valence-corrected chi connectivity index (χ0v) is 25.7. The largest absolute Gasteiger partial charge is 0.290 e. The summed E-state index contributed by atoms with van der Waals surface area (Å²) in [6.07, 6.45) is 8.96. The van der Waals surface area contributed by atoms with Crippen molar-refractivity contribution in [3.63, 3.8) is 0 Å². The molecule has 1 aromatic heterocycles. The van der Waals surface area contributed by atoms with Gasteiger partial charge in [0.05, 0.1) is 15.5 Å². The van der Waals surface area contributed by atoms with Gasteiger partial charge in [-0.05, 0) is 61.4 Å². The molecule has 7 nitrogen and oxygen atoms in total. The number of piperidine rings is 1. The Morgan fingerprint density at radius 3 is 2.41 bits per heavy atom. The molecule has 3 heterocycles. The number of hydrogen-bond donors (Lipinski definition) is 0. The predicted octanol–water partition coefficient (Wildman–Crippen LogP) is 6.35. The second-order valence-corrected chi connectivity index (χ2v) is 15.1. The lowest BCUT2D eigenvalue weighted by Crippen LogP contribution is -2.42. The summed E-state index contributed by atoms with van der Waals surface area (Å²) in [6, 6.07) is 16.9. The maximum atomic E-state index is 13.7. The summed E-state index contributed by atoms with van der Waals surface area (Å²) in [5.74, 6) is 0.565. The van der Waals surface area contributed by atoms with Gasteiger partial charge in [0, 0.05) is 36.5 Å². The molecule has 3 fully saturated rings. The first-order valence-electron chi connectivity index (χ1n) is 14.2. The Kier molecular flexibility index (Phi) is 7.93. The summed E-state index contributed by atoms with van der Waals surface area (Å²) in [5, 5.41) is 4.89. The van der Waals surface area contributed by atoms with E-state index in [1.165, 1.54) is 11.8 Å². The van der Waals surface area contributed by atoms with E-state index in [1.54, 1.807) is 32.1 Å². The van der Waals surface area contributed by atoms with Crippen molar-refractivity contribution in [2.24, 2.45) is 11.8 Å². The SMILES string of the molecule is CC1CC(C)CN(S(=O)(=O)c2cccc(-c3nn(-c4ccccc4)cc3/C=C3\SC(=S)N(C4CCCC4)C3=O)c2)C1. The molecule has 1 aliphatic carbocycles. The van der Waals surface area contributed by atoms with E-state index in [1.807, 2.05) is 48.7 Å². The van der Waals surface area contributed by atoms with Crippen LogP contribution in [0.5, 0.6) is 0 Å². The summed E-state index contributed by atoms with van der Waals surface area (Å²) >= 11 is 6.96. The van der Waals surface area contributed by atoms with E-state index in [9.17, 15) is 13.2 Å². The second kappa shape index (κ2) is 11.5. The minimum atomic E-state index is -3.67. The Morgan fingerprint density at radius 1 is 1.00 bits per heavy atom. The molecule has 2 aliphatic heterocycles. The van der Waals surface area contributed by atoms with Crippen molar-refractivity contribution in [3.8, 4) is 16.9 Å². The highest BCUT2D eigenvalue weighted by Gasteiger charge is 2.38. The van der Waals surface area contributed by atoms with E-state index < -0.39 is 10.0 Å². The predicted molar refractivity (Wildman–Crippen MR) is 168 cm³/mol. The van der Waals surface area contributed by atoms with Crippen LogP contribution in [0.2, 0.25) is 0 Å². The molecule has 1 amide bonds. The molecule has 214 valence electrons. The number of benzene rings is 2. The van der Waals surface area contributed by atoms with E-state index in [0.717, 1.165) is 43.4 Å². The highest BCUT2D eigenvalue weighted by Crippen LogP contribution is 2.39. The Bertz CT molecular complexity index is 1600. The summed E-state index contributed by atoms with van der Waals surface area (Å²) in [7, 11) is -3.67. The van der Waals surface area contributed by atoms with Crippen molar-refractivity contribution in [1.29, 1.82) is 0 Å². The molecule has 10 heteroatoms. The monoisotopic (exact) mass is 606 g/mol. The smallest absolute Gasteiger partial charge is 0.266 e. The van der Waals surface area contributed by atoms with Gasteiger partial charge in [-0.15, -0.1) is 0 Å². The molecule has 2 unspecified atom stereocenters. The molecule has 6 rings (SSSR count). The first-order chi connectivity index (χ1) is 19.7. The molecule has 0 N–H and O–H groups in total. The number of rotatable bonds is 6. The van der Waals surface area contributed by atoms with Gasteiger partial charge in [-0.1, -0.05) is 81.0 Å². The molecule has 3 aromatic rings. The zero-order valence-electron chi connectivity index (χ0n) is 23.3. The molecule has 2 aromatic carbocycles. The average molecular weight is 607 g/mol. The second-order valence-electron chi connectivity index (χ2n) is 11.5. The number of sulfonamides is 1. The summed E-state index contributed by atoms with van der Waals surface area (Å²) < 4.78 is 31.4. The van der Waals surface area contributed by atoms with Gasteiger partial charge in [0.1, 0.15) is 10.0 Å². The van der Waals surface area contributed by atoms with Gasteiger partial charge in [0.25, 0.3) is 5.91 Å². The van der Waals surface area contributed by atoms with Gasteiger partial charge in [0.2, 0.25) is 10.0 Å². The number of aromatic nitrogens is 2. The van der Waals surface area contributed by atoms with Crippen LogP contribution in [0.4, 0.5) is 0 Å². The lowest BCUT2D eigenvalue weighted by molar-refractivity contribution is -0.123. The number of carbonyl (C=O) groups is 1. The number of amides is 1. The summed E-state index contributed by atoms with van der Waals surface area (Å²) in [5.41, 5.74) is 2.89. The van der Waals surface area contributed by atoms with Crippen molar-refractivity contribution in [3.05, 3.63) is 71.3 Å². The maximum Gasteiger partial charge on any atom is 0.266 e. The van der Waals surface area contributed by atoms with E-state index in [2.05, 4.69) is 13.8 Å². The Morgan fingerprint density at radius 2 is 1.71 bits per heavy atom. The minimum Gasteiger partial charge on any atom is -0.290 e. The van der Waals surface area contributed by atoms with Gasteiger partial charge >= 0.3 is 0 Å². The zero-order chi connectivity index (χ0) is 28.7. The van der Waals surface area contributed by atoms with Crippen LogP contribution in [0, 0.1) is 11.8 Å². The maximum absolute atomic E-state index is 13.7. The van der Waals surface area contributed by atoms with Crippen LogP contribution in [-0.2, 0) is 14.8 Å². The standard InChI is InChI=1S/C31H34N4O3S3/c1-21-15-22(2)19-33(18-21)41(37,38)27-14-8-9-23(16-27)29-24(20-34(32-29)25-10-4-3-5-11-25)17-28-30(36)35(31(39)40-28)26-12-6-7-13-26/h3-5,8-11,14,16-17,20-22,26H,6-7,12-13,15,18-19H2,1-2H3/b28-17-.